The highest BCUT2D eigenvalue weighted by Crippen LogP contribution is 2.29. The van der Waals surface area contributed by atoms with E-state index in [0.29, 0.717) is 15.7 Å². The number of nitrogens with one attached hydrogen (secondary N) is 1. The van der Waals surface area contributed by atoms with Crippen molar-refractivity contribution in [3.05, 3.63) is 93.5 Å². The molecule has 0 bridgehead atoms. The highest BCUT2D eigenvalue weighted by molar-refractivity contribution is 7.91. The molecule has 1 aliphatic rings. The number of fused-ring (bicyclic) bond motifs is 1. The Morgan fingerprint density at radius 1 is 0.909 bits per heavy atom. The van der Waals surface area contributed by atoms with E-state index in [4.69, 9.17) is 23.2 Å². The van der Waals surface area contributed by atoms with Crippen LogP contribution in [0.15, 0.2) is 71.6 Å². The van der Waals surface area contributed by atoms with Crippen LogP contribution >= 0.6 is 23.2 Å². The van der Waals surface area contributed by atoms with Gasteiger partial charge in [0, 0.05) is 11.3 Å². The topological polar surface area (TPSA) is 80.3 Å². The monoisotopic (exact) mass is 501 g/mol. The normalized spacial score (nSPS) is 16.8. The van der Waals surface area contributed by atoms with Crippen molar-refractivity contribution >= 4 is 50.4 Å². The van der Waals surface area contributed by atoms with Crippen molar-refractivity contribution in [3.63, 3.8) is 0 Å². The van der Waals surface area contributed by atoms with Gasteiger partial charge < -0.3 is 5.32 Å². The largest absolute Gasteiger partial charge is 0.325 e. The molecule has 33 heavy (non-hydrogen) atoms. The maximum absolute atomic E-state index is 12.7. The fourth-order valence-electron chi connectivity index (χ4n) is 3.88. The number of ketones is 1. The lowest BCUT2D eigenvalue weighted by molar-refractivity contribution is -0.118. The molecule has 0 spiro atoms. The van der Waals surface area contributed by atoms with E-state index >= 15 is 0 Å². The highest BCUT2D eigenvalue weighted by atomic mass is 35.5. The number of halogens is 2. The SMILES string of the molecule is O=C(Nc1ccc(CCCc2ccc(Cl)c(Cl)c2)cc1)C1CS(=O)(=O)c2ccccc2C1=O. The maximum Gasteiger partial charge on any atom is 0.236 e. The van der Waals surface area contributed by atoms with Gasteiger partial charge in [-0.3, -0.25) is 9.59 Å². The molecular weight excluding hydrogens is 481 g/mol. The van der Waals surface area contributed by atoms with Crippen LogP contribution in [0, 0.1) is 5.92 Å². The van der Waals surface area contributed by atoms with Crippen molar-refractivity contribution < 1.29 is 18.0 Å². The Morgan fingerprint density at radius 3 is 2.30 bits per heavy atom. The Hall–Kier alpha value is -2.67. The molecule has 0 fully saturated rings. The standard InChI is InChI=1S/C25H21Cl2NO4S/c26-21-13-10-17(14-22(21)27)5-3-4-16-8-11-18(12-9-16)28-25(30)20-15-33(31,32)23-7-2-1-6-19(23)24(20)29/h1-2,6-14,20H,3-5,15H2,(H,28,30). The van der Waals surface area contributed by atoms with Crippen LogP contribution in [0.5, 0.6) is 0 Å². The van der Waals surface area contributed by atoms with Gasteiger partial charge >= 0.3 is 0 Å². The maximum atomic E-state index is 12.7. The molecule has 0 saturated carbocycles. The number of Topliss-reactive ketones (excluding diaryl/α,β-unsaturated/α-hetero) is 1. The zero-order chi connectivity index (χ0) is 23.6. The Balaban J connectivity index is 1.36. The van der Waals surface area contributed by atoms with Crippen LogP contribution in [-0.2, 0) is 27.5 Å². The van der Waals surface area contributed by atoms with Crippen LogP contribution in [0.3, 0.4) is 0 Å². The zero-order valence-electron chi connectivity index (χ0n) is 17.6. The second kappa shape index (κ2) is 9.67. The smallest absolute Gasteiger partial charge is 0.236 e. The number of carbonyl (C=O) groups excluding carboxylic acids is 2. The summed E-state index contributed by atoms with van der Waals surface area (Å²) < 4.78 is 25.0. The van der Waals surface area contributed by atoms with Crippen molar-refractivity contribution in [2.24, 2.45) is 5.92 Å². The number of sulfone groups is 1. The minimum Gasteiger partial charge on any atom is -0.325 e. The summed E-state index contributed by atoms with van der Waals surface area (Å²) in [7, 11) is -3.70. The minimum atomic E-state index is -3.70. The zero-order valence-corrected chi connectivity index (χ0v) is 19.9. The molecule has 5 nitrogen and oxygen atoms in total. The van der Waals surface area contributed by atoms with E-state index in [-0.39, 0.29) is 10.5 Å². The van der Waals surface area contributed by atoms with Crippen molar-refractivity contribution in [2.45, 2.75) is 24.2 Å². The van der Waals surface area contributed by atoms with Gasteiger partial charge in [-0.05, 0) is 60.7 Å². The van der Waals surface area contributed by atoms with Crippen LogP contribution < -0.4 is 5.32 Å². The van der Waals surface area contributed by atoms with Gasteiger partial charge in [-0.2, -0.15) is 0 Å². The van der Waals surface area contributed by atoms with Crippen LogP contribution in [0.4, 0.5) is 5.69 Å². The molecule has 1 N–H and O–H groups in total. The molecule has 1 atom stereocenters. The summed E-state index contributed by atoms with van der Waals surface area (Å²) >= 11 is 12.0. The van der Waals surface area contributed by atoms with Gasteiger partial charge in [0.25, 0.3) is 0 Å². The second-order valence-electron chi connectivity index (χ2n) is 7.98. The Kier molecular flexibility index (Phi) is 6.88. The summed E-state index contributed by atoms with van der Waals surface area (Å²) in [6, 6.07) is 18.9. The first-order valence-electron chi connectivity index (χ1n) is 10.4. The molecule has 170 valence electrons. The summed E-state index contributed by atoms with van der Waals surface area (Å²) in [5.74, 6) is -2.89. The van der Waals surface area contributed by atoms with E-state index in [1.807, 2.05) is 24.3 Å². The van der Waals surface area contributed by atoms with Crippen molar-refractivity contribution in [3.8, 4) is 0 Å². The number of hydrogen-bond acceptors (Lipinski definition) is 4. The van der Waals surface area contributed by atoms with Crippen molar-refractivity contribution in [1.29, 1.82) is 0 Å². The number of carbonyl (C=O) groups is 2. The molecular formula is C25H21Cl2NO4S. The predicted octanol–water partition coefficient (Wildman–Crippen LogP) is 5.39. The lowest BCUT2D eigenvalue weighted by Crippen LogP contribution is -2.39. The molecule has 1 amide bonds. The molecule has 0 aromatic heterocycles. The molecule has 8 heteroatoms. The summed E-state index contributed by atoms with van der Waals surface area (Å²) in [5.41, 5.74) is 2.79. The van der Waals surface area contributed by atoms with Gasteiger partial charge in [-0.15, -0.1) is 0 Å². The quantitative estimate of drug-likeness (QED) is 0.458. The first-order chi connectivity index (χ1) is 15.7. The van der Waals surface area contributed by atoms with E-state index in [0.717, 1.165) is 30.4 Å². The number of rotatable bonds is 6. The van der Waals surface area contributed by atoms with Gasteiger partial charge in [-0.1, -0.05) is 59.6 Å². The van der Waals surface area contributed by atoms with Gasteiger partial charge in [0.1, 0.15) is 5.92 Å². The van der Waals surface area contributed by atoms with E-state index in [1.54, 1.807) is 30.3 Å². The molecule has 1 unspecified atom stereocenters. The lowest BCUT2D eigenvalue weighted by Gasteiger charge is -2.22. The molecule has 0 aliphatic carbocycles. The third kappa shape index (κ3) is 5.29. The third-order valence-corrected chi connectivity index (χ3v) is 8.18. The fourth-order valence-corrected chi connectivity index (χ4v) is 5.92. The molecule has 1 heterocycles. The molecule has 0 radical (unpaired) electrons. The fraction of sp³-hybridized carbons (Fsp3) is 0.200. The van der Waals surface area contributed by atoms with E-state index < -0.39 is 33.2 Å². The van der Waals surface area contributed by atoms with Crippen LogP contribution in [0.25, 0.3) is 0 Å². The second-order valence-corrected chi connectivity index (χ2v) is 10.8. The number of aryl methyl sites for hydroxylation is 2. The molecule has 3 aromatic carbocycles. The summed E-state index contributed by atoms with van der Waals surface area (Å²) in [6.07, 6.45) is 2.61. The van der Waals surface area contributed by atoms with Crippen LogP contribution in [-0.4, -0.2) is 25.9 Å². The van der Waals surface area contributed by atoms with Crippen molar-refractivity contribution in [2.75, 3.05) is 11.1 Å². The van der Waals surface area contributed by atoms with Gasteiger partial charge in [0.05, 0.1) is 20.7 Å². The molecule has 4 rings (SSSR count). The third-order valence-electron chi connectivity index (χ3n) is 5.64. The van der Waals surface area contributed by atoms with E-state index in [9.17, 15) is 18.0 Å². The lowest BCUT2D eigenvalue weighted by atomic mass is 9.97. The number of anilines is 1. The molecule has 1 aliphatic heterocycles. The Morgan fingerprint density at radius 2 is 1.58 bits per heavy atom. The number of benzene rings is 3. The summed E-state index contributed by atoms with van der Waals surface area (Å²) in [5, 5.41) is 3.76. The van der Waals surface area contributed by atoms with Gasteiger partial charge in [-0.25, -0.2) is 8.42 Å². The Bertz CT molecular complexity index is 1320. The van der Waals surface area contributed by atoms with Crippen LogP contribution in [0.2, 0.25) is 10.0 Å². The summed E-state index contributed by atoms with van der Waals surface area (Å²) in [4.78, 5) is 25.4. The predicted molar refractivity (Wildman–Crippen MR) is 130 cm³/mol. The summed E-state index contributed by atoms with van der Waals surface area (Å²) in [6.45, 7) is 0. The van der Waals surface area contributed by atoms with E-state index in [1.165, 1.54) is 12.1 Å². The average molecular weight is 502 g/mol. The van der Waals surface area contributed by atoms with Gasteiger partial charge in [0.15, 0.2) is 15.6 Å². The number of amides is 1. The number of hydrogen-bond donors (Lipinski definition) is 1. The van der Waals surface area contributed by atoms with Gasteiger partial charge in [0.2, 0.25) is 5.91 Å². The van der Waals surface area contributed by atoms with Crippen LogP contribution in [0.1, 0.15) is 27.9 Å². The van der Waals surface area contributed by atoms with Crippen molar-refractivity contribution in [1.82, 2.24) is 0 Å². The first-order valence-corrected chi connectivity index (χ1v) is 12.8. The Labute approximate surface area is 202 Å². The van der Waals surface area contributed by atoms with E-state index in [2.05, 4.69) is 5.32 Å². The minimum absolute atomic E-state index is 0.00993. The molecule has 0 saturated heterocycles. The first kappa shape index (κ1) is 23.5. The average Bonchev–Trinajstić information content (AvgIpc) is 2.80. The highest BCUT2D eigenvalue weighted by Gasteiger charge is 2.40. The molecule has 3 aromatic rings.